The Hall–Kier alpha value is -0.840. The Morgan fingerprint density at radius 2 is 2.31 bits per heavy atom. The number of likely N-dealkylation sites (N-methyl/N-ethyl adjacent to an activating group) is 2. The van der Waals surface area contributed by atoms with E-state index in [1.807, 2.05) is 12.1 Å². The van der Waals surface area contributed by atoms with Crippen LogP contribution in [0.3, 0.4) is 0 Å². The van der Waals surface area contributed by atoms with E-state index in [1.165, 1.54) is 0 Å². The first-order valence-electron chi connectivity index (χ1n) is 5.76. The predicted octanol–water partition coefficient (Wildman–Crippen LogP) is 0.429. The van der Waals surface area contributed by atoms with Crippen molar-refractivity contribution in [2.24, 2.45) is 0 Å². The molecule has 2 rings (SSSR count). The first-order chi connectivity index (χ1) is 7.66. The summed E-state index contributed by atoms with van der Waals surface area (Å²) in [5.74, 6) is 0.856. The van der Waals surface area contributed by atoms with E-state index in [2.05, 4.69) is 23.9 Å². The molecule has 1 fully saturated rings. The SMILES string of the molecule is CN1CCN(C)C(C(O)Cc2ccco2)C1. The lowest BCUT2D eigenvalue weighted by molar-refractivity contribution is 0.0130. The van der Waals surface area contributed by atoms with Crippen molar-refractivity contribution in [3.8, 4) is 0 Å². The summed E-state index contributed by atoms with van der Waals surface area (Å²) < 4.78 is 5.26. The van der Waals surface area contributed by atoms with Crippen molar-refractivity contribution in [1.29, 1.82) is 0 Å². The molecule has 4 nitrogen and oxygen atoms in total. The van der Waals surface area contributed by atoms with Gasteiger partial charge in [-0.2, -0.15) is 0 Å². The molecule has 2 atom stereocenters. The number of piperazine rings is 1. The minimum Gasteiger partial charge on any atom is -0.469 e. The minimum absolute atomic E-state index is 0.198. The van der Waals surface area contributed by atoms with Crippen LogP contribution in [0, 0.1) is 0 Å². The molecule has 0 aliphatic carbocycles. The lowest BCUT2D eigenvalue weighted by atomic mass is 10.0. The Labute approximate surface area is 96.5 Å². The third kappa shape index (κ3) is 2.64. The fraction of sp³-hybridized carbons (Fsp3) is 0.667. The van der Waals surface area contributed by atoms with Gasteiger partial charge in [-0.3, -0.25) is 4.90 Å². The molecule has 0 saturated carbocycles. The van der Waals surface area contributed by atoms with E-state index in [1.54, 1.807) is 6.26 Å². The monoisotopic (exact) mass is 224 g/mol. The normalized spacial score (nSPS) is 25.8. The molecule has 1 aromatic rings. The number of aliphatic hydroxyl groups is 1. The number of nitrogens with zero attached hydrogens (tertiary/aromatic N) is 2. The van der Waals surface area contributed by atoms with Gasteiger partial charge in [-0.15, -0.1) is 0 Å². The van der Waals surface area contributed by atoms with E-state index in [-0.39, 0.29) is 12.1 Å². The lowest BCUT2D eigenvalue weighted by Gasteiger charge is -2.39. The lowest BCUT2D eigenvalue weighted by Crippen LogP contribution is -2.55. The molecule has 1 aliphatic heterocycles. The van der Waals surface area contributed by atoms with Gasteiger partial charge in [0, 0.05) is 32.1 Å². The van der Waals surface area contributed by atoms with E-state index in [0.717, 1.165) is 25.4 Å². The second-order valence-corrected chi connectivity index (χ2v) is 4.66. The molecular weight excluding hydrogens is 204 g/mol. The van der Waals surface area contributed by atoms with Crippen LogP contribution < -0.4 is 0 Å². The van der Waals surface area contributed by atoms with Gasteiger partial charge in [-0.05, 0) is 26.2 Å². The number of hydrogen-bond acceptors (Lipinski definition) is 4. The van der Waals surface area contributed by atoms with Crippen LogP contribution in [0.4, 0.5) is 0 Å². The summed E-state index contributed by atoms with van der Waals surface area (Å²) in [6.45, 7) is 3.00. The third-order valence-electron chi connectivity index (χ3n) is 3.33. The fourth-order valence-electron chi connectivity index (χ4n) is 2.23. The molecule has 0 amide bonds. The summed E-state index contributed by atoms with van der Waals surface area (Å²) in [4.78, 5) is 4.49. The minimum atomic E-state index is -0.362. The standard InChI is InChI=1S/C12H20N2O2/c1-13-5-6-14(2)11(9-13)12(15)8-10-4-3-7-16-10/h3-4,7,11-12,15H,5-6,8-9H2,1-2H3. The van der Waals surface area contributed by atoms with Crippen molar-refractivity contribution in [3.05, 3.63) is 24.2 Å². The zero-order valence-corrected chi connectivity index (χ0v) is 9.97. The van der Waals surface area contributed by atoms with E-state index in [0.29, 0.717) is 6.42 Å². The molecule has 16 heavy (non-hydrogen) atoms. The molecule has 0 aromatic carbocycles. The van der Waals surface area contributed by atoms with Gasteiger partial charge in [0.2, 0.25) is 0 Å². The highest BCUT2D eigenvalue weighted by Gasteiger charge is 2.28. The Bertz CT molecular complexity index is 313. The van der Waals surface area contributed by atoms with E-state index >= 15 is 0 Å². The molecular formula is C12H20N2O2. The number of furan rings is 1. The van der Waals surface area contributed by atoms with E-state index in [9.17, 15) is 5.11 Å². The molecule has 1 aromatic heterocycles. The predicted molar refractivity (Wildman–Crippen MR) is 62.3 cm³/mol. The van der Waals surface area contributed by atoms with Crippen molar-refractivity contribution < 1.29 is 9.52 Å². The number of aliphatic hydroxyl groups excluding tert-OH is 1. The van der Waals surface area contributed by atoms with Gasteiger partial charge in [0.05, 0.1) is 12.4 Å². The second-order valence-electron chi connectivity index (χ2n) is 4.66. The van der Waals surface area contributed by atoms with Crippen LogP contribution in [0.1, 0.15) is 5.76 Å². The number of rotatable bonds is 3. The van der Waals surface area contributed by atoms with E-state index < -0.39 is 0 Å². The van der Waals surface area contributed by atoms with Crippen LogP contribution in [0.5, 0.6) is 0 Å². The highest BCUT2D eigenvalue weighted by Crippen LogP contribution is 2.14. The Morgan fingerprint density at radius 1 is 1.50 bits per heavy atom. The van der Waals surface area contributed by atoms with Gasteiger partial charge in [0.25, 0.3) is 0 Å². The van der Waals surface area contributed by atoms with Gasteiger partial charge in [-0.1, -0.05) is 0 Å². The Morgan fingerprint density at radius 3 is 3.00 bits per heavy atom. The second kappa shape index (κ2) is 4.99. The highest BCUT2D eigenvalue weighted by atomic mass is 16.3. The fourth-order valence-corrected chi connectivity index (χ4v) is 2.23. The maximum absolute atomic E-state index is 10.2. The zero-order valence-electron chi connectivity index (χ0n) is 9.97. The molecule has 4 heteroatoms. The van der Waals surface area contributed by atoms with Crippen molar-refractivity contribution >= 4 is 0 Å². The molecule has 2 unspecified atom stereocenters. The number of hydrogen-bond donors (Lipinski definition) is 1. The molecule has 0 spiro atoms. The van der Waals surface area contributed by atoms with Crippen LogP contribution in [-0.4, -0.2) is 60.8 Å². The molecule has 1 N–H and O–H groups in total. The van der Waals surface area contributed by atoms with Gasteiger partial charge < -0.3 is 14.4 Å². The summed E-state index contributed by atoms with van der Waals surface area (Å²) in [6, 6.07) is 3.97. The quantitative estimate of drug-likeness (QED) is 0.808. The van der Waals surface area contributed by atoms with Gasteiger partial charge in [0.1, 0.15) is 5.76 Å². The highest BCUT2D eigenvalue weighted by molar-refractivity contribution is 5.01. The summed E-state index contributed by atoms with van der Waals surface area (Å²) in [6.07, 6.45) is 1.88. The summed E-state index contributed by atoms with van der Waals surface area (Å²) >= 11 is 0. The van der Waals surface area contributed by atoms with Crippen molar-refractivity contribution in [2.75, 3.05) is 33.7 Å². The zero-order chi connectivity index (χ0) is 11.5. The molecule has 90 valence electrons. The van der Waals surface area contributed by atoms with Crippen molar-refractivity contribution in [2.45, 2.75) is 18.6 Å². The average Bonchev–Trinajstić information content (AvgIpc) is 2.74. The van der Waals surface area contributed by atoms with Crippen LogP contribution in [0.25, 0.3) is 0 Å². The van der Waals surface area contributed by atoms with Gasteiger partial charge in [0.15, 0.2) is 0 Å². The summed E-state index contributed by atoms with van der Waals surface area (Å²) in [5, 5.41) is 10.2. The first-order valence-corrected chi connectivity index (χ1v) is 5.76. The molecule has 0 bridgehead atoms. The Balaban J connectivity index is 1.94. The van der Waals surface area contributed by atoms with Crippen LogP contribution >= 0.6 is 0 Å². The van der Waals surface area contributed by atoms with Crippen LogP contribution in [0.2, 0.25) is 0 Å². The maximum Gasteiger partial charge on any atom is 0.106 e. The van der Waals surface area contributed by atoms with Crippen LogP contribution in [0.15, 0.2) is 22.8 Å². The third-order valence-corrected chi connectivity index (χ3v) is 3.33. The van der Waals surface area contributed by atoms with Gasteiger partial charge >= 0.3 is 0 Å². The summed E-state index contributed by atoms with van der Waals surface area (Å²) in [5.41, 5.74) is 0. The smallest absolute Gasteiger partial charge is 0.106 e. The summed E-state index contributed by atoms with van der Waals surface area (Å²) in [7, 11) is 4.17. The molecule has 1 saturated heterocycles. The topological polar surface area (TPSA) is 39.9 Å². The van der Waals surface area contributed by atoms with Crippen molar-refractivity contribution in [3.63, 3.8) is 0 Å². The van der Waals surface area contributed by atoms with E-state index in [4.69, 9.17) is 4.42 Å². The largest absolute Gasteiger partial charge is 0.469 e. The van der Waals surface area contributed by atoms with Crippen LogP contribution in [-0.2, 0) is 6.42 Å². The molecule has 2 heterocycles. The van der Waals surface area contributed by atoms with Crippen molar-refractivity contribution in [1.82, 2.24) is 9.80 Å². The van der Waals surface area contributed by atoms with Gasteiger partial charge in [-0.25, -0.2) is 0 Å². The average molecular weight is 224 g/mol. The first kappa shape index (κ1) is 11.6. The molecule has 0 radical (unpaired) electrons. The Kier molecular flexibility index (Phi) is 3.63. The molecule has 1 aliphatic rings. The maximum atomic E-state index is 10.2.